The Morgan fingerprint density at radius 2 is 1.59 bits per heavy atom. The Bertz CT molecular complexity index is 1460. The molecule has 3 aromatic carbocycles. The van der Waals surface area contributed by atoms with Gasteiger partial charge in [0.1, 0.15) is 24.1 Å². The van der Waals surface area contributed by atoms with Crippen molar-refractivity contribution in [1.82, 2.24) is 10.2 Å². The number of ether oxygens (including phenoxy) is 2. The van der Waals surface area contributed by atoms with E-state index < -0.39 is 28.5 Å². The van der Waals surface area contributed by atoms with Gasteiger partial charge in [0.2, 0.25) is 11.8 Å². The van der Waals surface area contributed by atoms with Crippen LogP contribution in [0.2, 0.25) is 0 Å². The van der Waals surface area contributed by atoms with Crippen LogP contribution in [-0.4, -0.2) is 58.5 Å². The Balaban J connectivity index is 2.13. The van der Waals surface area contributed by atoms with Gasteiger partial charge in [0.15, 0.2) is 0 Å². The molecule has 3 aromatic rings. The number of benzene rings is 3. The summed E-state index contributed by atoms with van der Waals surface area (Å²) in [4.78, 5) is 28.7. The van der Waals surface area contributed by atoms with Gasteiger partial charge in [0.25, 0.3) is 10.0 Å². The van der Waals surface area contributed by atoms with E-state index in [4.69, 9.17) is 9.47 Å². The number of hydrogen-bond donors (Lipinski definition) is 1. The lowest BCUT2D eigenvalue weighted by Gasteiger charge is -2.33. The molecule has 9 nitrogen and oxygen atoms in total. The topological polar surface area (TPSA) is 105 Å². The third-order valence-electron chi connectivity index (χ3n) is 6.71. The van der Waals surface area contributed by atoms with Crippen LogP contribution in [0.5, 0.6) is 11.5 Å². The molecule has 0 aliphatic rings. The van der Waals surface area contributed by atoms with Crippen molar-refractivity contribution in [3.63, 3.8) is 0 Å². The van der Waals surface area contributed by atoms with Gasteiger partial charge in [0.05, 0.1) is 24.8 Å². The number of nitrogens with zero attached hydrogens (tertiary/aromatic N) is 2. The highest BCUT2D eigenvalue weighted by atomic mass is 32.2. The van der Waals surface area contributed by atoms with E-state index in [1.165, 1.54) is 24.1 Å². The van der Waals surface area contributed by atoms with Gasteiger partial charge < -0.3 is 19.7 Å². The van der Waals surface area contributed by atoms with Crippen LogP contribution in [0.15, 0.2) is 71.6 Å². The molecule has 220 valence electrons. The van der Waals surface area contributed by atoms with E-state index in [0.717, 1.165) is 21.0 Å². The molecule has 41 heavy (non-hydrogen) atoms. The summed E-state index contributed by atoms with van der Waals surface area (Å²) in [5, 5.41) is 2.80. The number of anilines is 1. The summed E-state index contributed by atoms with van der Waals surface area (Å²) in [6.07, 6.45) is 0.333. The predicted molar refractivity (Wildman–Crippen MR) is 160 cm³/mol. The molecule has 0 aliphatic carbocycles. The summed E-state index contributed by atoms with van der Waals surface area (Å²) in [6, 6.07) is 18.0. The highest BCUT2D eigenvalue weighted by Crippen LogP contribution is 2.34. The fraction of sp³-hybridized carbons (Fsp3) is 0.355. The highest BCUT2D eigenvalue weighted by Gasteiger charge is 2.34. The van der Waals surface area contributed by atoms with Gasteiger partial charge in [-0.3, -0.25) is 13.9 Å². The smallest absolute Gasteiger partial charge is 0.264 e. The first-order chi connectivity index (χ1) is 19.5. The zero-order chi connectivity index (χ0) is 30.2. The van der Waals surface area contributed by atoms with Crippen molar-refractivity contribution in [3.05, 3.63) is 83.4 Å². The Morgan fingerprint density at radius 1 is 0.902 bits per heavy atom. The third-order valence-corrected chi connectivity index (χ3v) is 8.49. The van der Waals surface area contributed by atoms with E-state index in [9.17, 15) is 18.0 Å². The van der Waals surface area contributed by atoms with E-state index in [0.29, 0.717) is 24.5 Å². The summed E-state index contributed by atoms with van der Waals surface area (Å²) in [5.41, 5.74) is 2.66. The minimum absolute atomic E-state index is 0.0366. The third kappa shape index (κ3) is 7.58. The maximum absolute atomic E-state index is 14.2. The number of aryl methyl sites for hydroxylation is 2. The number of methoxy groups -OCH3 is 2. The van der Waals surface area contributed by atoms with Crippen LogP contribution in [0.4, 0.5) is 5.69 Å². The summed E-state index contributed by atoms with van der Waals surface area (Å²) in [6.45, 7) is 7.24. The molecule has 3 rings (SSSR count). The molecular formula is C31H39N3O6S. The summed E-state index contributed by atoms with van der Waals surface area (Å²) in [7, 11) is -1.21. The largest absolute Gasteiger partial charge is 0.497 e. The molecule has 2 amide bonds. The molecule has 1 unspecified atom stereocenters. The Labute approximate surface area is 243 Å². The van der Waals surface area contributed by atoms with Gasteiger partial charge in [-0.1, -0.05) is 42.8 Å². The number of nitrogens with one attached hydrogen (secondary N) is 1. The molecule has 0 aromatic heterocycles. The van der Waals surface area contributed by atoms with Crippen molar-refractivity contribution in [3.8, 4) is 11.5 Å². The number of amides is 2. The van der Waals surface area contributed by atoms with Crippen LogP contribution < -0.4 is 19.1 Å². The second-order valence-corrected chi connectivity index (χ2v) is 11.6. The highest BCUT2D eigenvalue weighted by molar-refractivity contribution is 7.92. The molecule has 0 aliphatic heterocycles. The normalized spacial score (nSPS) is 11.9. The van der Waals surface area contributed by atoms with E-state index in [-0.39, 0.29) is 23.0 Å². The van der Waals surface area contributed by atoms with Crippen LogP contribution in [0.25, 0.3) is 0 Å². The Kier molecular flexibility index (Phi) is 10.8. The van der Waals surface area contributed by atoms with Crippen LogP contribution >= 0.6 is 0 Å². The molecule has 1 N–H and O–H groups in total. The first kappa shape index (κ1) is 31.5. The van der Waals surface area contributed by atoms with Crippen LogP contribution in [-0.2, 0) is 26.2 Å². The molecule has 10 heteroatoms. The average Bonchev–Trinajstić information content (AvgIpc) is 2.96. The lowest BCUT2D eigenvalue weighted by molar-refractivity contribution is -0.140. The van der Waals surface area contributed by atoms with Crippen LogP contribution in [0.1, 0.15) is 37.0 Å². The van der Waals surface area contributed by atoms with Gasteiger partial charge in [-0.05, 0) is 74.7 Å². The van der Waals surface area contributed by atoms with Gasteiger partial charge >= 0.3 is 0 Å². The summed E-state index contributed by atoms with van der Waals surface area (Å²) in [5.74, 6) is 0.0562. The molecule has 0 bridgehead atoms. The number of carbonyl (C=O) groups excluding carboxylic acids is 2. The Hall–Kier alpha value is -4.05. The molecular weight excluding hydrogens is 542 g/mol. The van der Waals surface area contributed by atoms with E-state index in [1.807, 2.05) is 26.8 Å². The number of sulfonamides is 1. The Morgan fingerprint density at radius 3 is 2.20 bits per heavy atom. The zero-order valence-corrected chi connectivity index (χ0v) is 25.3. The first-order valence-corrected chi connectivity index (χ1v) is 14.9. The maximum Gasteiger partial charge on any atom is 0.264 e. The van der Waals surface area contributed by atoms with Gasteiger partial charge in [-0.25, -0.2) is 8.42 Å². The van der Waals surface area contributed by atoms with Crippen molar-refractivity contribution in [1.29, 1.82) is 0 Å². The number of carbonyl (C=O) groups is 2. The fourth-order valence-corrected chi connectivity index (χ4v) is 5.94. The maximum atomic E-state index is 14.2. The minimum atomic E-state index is -4.21. The number of hydrogen-bond acceptors (Lipinski definition) is 6. The molecule has 0 heterocycles. The van der Waals surface area contributed by atoms with Crippen molar-refractivity contribution in [2.75, 3.05) is 31.6 Å². The minimum Gasteiger partial charge on any atom is -0.497 e. The van der Waals surface area contributed by atoms with E-state index >= 15 is 0 Å². The van der Waals surface area contributed by atoms with E-state index in [2.05, 4.69) is 5.32 Å². The van der Waals surface area contributed by atoms with Crippen molar-refractivity contribution in [2.45, 2.75) is 51.6 Å². The molecule has 1 atom stereocenters. The van der Waals surface area contributed by atoms with E-state index in [1.54, 1.807) is 62.6 Å². The van der Waals surface area contributed by atoms with Crippen LogP contribution in [0, 0.1) is 13.8 Å². The van der Waals surface area contributed by atoms with Crippen molar-refractivity contribution < 1.29 is 27.5 Å². The molecule has 0 saturated carbocycles. The van der Waals surface area contributed by atoms with Crippen molar-refractivity contribution >= 4 is 27.5 Å². The molecule has 0 spiro atoms. The quantitative estimate of drug-likeness (QED) is 0.320. The fourth-order valence-electron chi connectivity index (χ4n) is 4.52. The summed E-state index contributed by atoms with van der Waals surface area (Å²) >= 11 is 0. The molecule has 0 saturated heterocycles. The van der Waals surface area contributed by atoms with Gasteiger partial charge in [0, 0.05) is 13.1 Å². The molecule has 0 fully saturated rings. The second-order valence-electron chi connectivity index (χ2n) is 9.69. The van der Waals surface area contributed by atoms with Gasteiger partial charge in [-0.15, -0.1) is 0 Å². The SMILES string of the molecule is CCNC(=O)C(CC)N(Cc1cccc(OC)c1)C(=O)CN(c1cc(C)ccc1OC)S(=O)(=O)c1ccc(C)cc1. The number of likely N-dealkylation sites (N-methyl/N-ethyl adjacent to an activating group) is 1. The second kappa shape index (κ2) is 14.0. The van der Waals surface area contributed by atoms with Crippen molar-refractivity contribution in [2.24, 2.45) is 0 Å². The summed E-state index contributed by atoms with van der Waals surface area (Å²) < 4.78 is 40.1. The van der Waals surface area contributed by atoms with Gasteiger partial charge in [-0.2, -0.15) is 0 Å². The lowest BCUT2D eigenvalue weighted by Crippen LogP contribution is -2.52. The standard InChI is InChI=1S/C31H39N3O6S/c1-7-27(31(36)32-8-2)33(20-24-10-9-11-25(19-24)39-5)30(35)21-34(28-18-23(4)14-17-29(28)40-6)41(37,38)26-15-12-22(3)13-16-26/h9-19,27H,7-8,20-21H2,1-6H3,(H,32,36). The first-order valence-electron chi connectivity index (χ1n) is 13.5. The molecule has 0 radical (unpaired) electrons. The zero-order valence-electron chi connectivity index (χ0n) is 24.5. The predicted octanol–water partition coefficient (Wildman–Crippen LogP) is 4.46. The number of rotatable bonds is 13. The lowest BCUT2D eigenvalue weighted by atomic mass is 10.1. The average molecular weight is 582 g/mol. The van der Waals surface area contributed by atoms with Crippen LogP contribution in [0.3, 0.4) is 0 Å². The monoisotopic (exact) mass is 581 g/mol.